The minimum atomic E-state index is -0.481. The number of aromatic nitrogens is 1. The average Bonchev–Trinajstić information content (AvgIpc) is 2.57. The van der Waals surface area contributed by atoms with E-state index in [0.29, 0.717) is 18.2 Å². The van der Waals surface area contributed by atoms with Gasteiger partial charge in [0.1, 0.15) is 11.6 Å². The average molecular weight is 341 g/mol. The Kier molecular flexibility index (Phi) is 6.51. The molecule has 6 heteroatoms. The van der Waals surface area contributed by atoms with Gasteiger partial charge in [0.05, 0.1) is 19.1 Å². The van der Waals surface area contributed by atoms with Gasteiger partial charge >= 0.3 is 0 Å². The number of anilines is 1. The number of carbonyl (C=O) groups is 2. The Morgan fingerprint density at radius 1 is 1.20 bits per heavy atom. The first-order valence-electron chi connectivity index (χ1n) is 8.21. The minimum Gasteiger partial charge on any atom is -0.494 e. The lowest BCUT2D eigenvalue weighted by Gasteiger charge is -2.20. The number of aryl methyl sites for hydroxylation is 1. The monoisotopic (exact) mass is 341 g/mol. The molecule has 2 N–H and O–H groups in total. The van der Waals surface area contributed by atoms with E-state index in [2.05, 4.69) is 15.6 Å². The van der Waals surface area contributed by atoms with Gasteiger partial charge < -0.3 is 15.4 Å². The summed E-state index contributed by atoms with van der Waals surface area (Å²) in [6, 6.07) is 10.5. The topological polar surface area (TPSA) is 80.3 Å². The maximum atomic E-state index is 12.4. The molecule has 1 aromatic carbocycles. The van der Waals surface area contributed by atoms with Crippen molar-refractivity contribution in [3.8, 4) is 5.75 Å². The van der Waals surface area contributed by atoms with Gasteiger partial charge in [-0.15, -0.1) is 0 Å². The van der Waals surface area contributed by atoms with Gasteiger partial charge in [0.15, 0.2) is 0 Å². The molecule has 6 nitrogen and oxygen atoms in total. The SMILES string of the molecule is CCOc1ccccc1[C@@H](CC(=O)Nc1ccc(C)cn1)NC(C)=O. The zero-order valence-electron chi connectivity index (χ0n) is 14.7. The van der Waals surface area contributed by atoms with Crippen molar-refractivity contribution < 1.29 is 14.3 Å². The van der Waals surface area contributed by atoms with Crippen molar-refractivity contribution in [3.63, 3.8) is 0 Å². The Bertz CT molecular complexity index is 729. The summed E-state index contributed by atoms with van der Waals surface area (Å²) < 4.78 is 5.62. The number of amides is 2. The third kappa shape index (κ3) is 5.60. The fourth-order valence-corrected chi connectivity index (χ4v) is 2.46. The van der Waals surface area contributed by atoms with Crippen molar-refractivity contribution in [2.24, 2.45) is 0 Å². The van der Waals surface area contributed by atoms with E-state index in [1.54, 1.807) is 12.3 Å². The fraction of sp³-hybridized carbons (Fsp3) is 0.316. The van der Waals surface area contributed by atoms with Gasteiger partial charge in [-0.3, -0.25) is 9.59 Å². The summed E-state index contributed by atoms with van der Waals surface area (Å²) in [4.78, 5) is 28.1. The first kappa shape index (κ1) is 18.4. The van der Waals surface area contributed by atoms with Crippen LogP contribution < -0.4 is 15.4 Å². The zero-order valence-corrected chi connectivity index (χ0v) is 14.7. The first-order chi connectivity index (χ1) is 12.0. The van der Waals surface area contributed by atoms with E-state index < -0.39 is 6.04 Å². The molecule has 0 saturated carbocycles. The lowest BCUT2D eigenvalue weighted by molar-refractivity contribution is -0.120. The van der Waals surface area contributed by atoms with E-state index in [0.717, 1.165) is 11.1 Å². The lowest BCUT2D eigenvalue weighted by Crippen LogP contribution is -2.30. The minimum absolute atomic E-state index is 0.0826. The van der Waals surface area contributed by atoms with Crippen LogP contribution in [-0.4, -0.2) is 23.4 Å². The van der Waals surface area contributed by atoms with Crippen LogP contribution in [0.25, 0.3) is 0 Å². The third-order valence-corrected chi connectivity index (χ3v) is 3.54. The predicted molar refractivity (Wildman–Crippen MR) is 96.4 cm³/mol. The largest absolute Gasteiger partial charge is 0.494 e. The highest BCUT2D eigenvalue weighted by molar-refractivity contribution is 5.90. The normalized spacial score (nSPS) is 11.5. The van der Waals surface area contributed by atoms with Crippen molar-refractivity contribution in [2.45, 2.75) is 33.2 Å². The summed E-state index contributed by atoms with van der Waals surface area (Å²) in [5.41, 5.74) is 1.78. The fourth-order valence-electron chi connectivity index (χ4n) is 2.46. The Balaban J connectivity index is 2.16. The molecule has 0 fully saturated rings. The standard InChI is InChI=1S/C19H23N3O3/c1-4-25-17-8-6-5-7-15(17)16(21-14(3)23)11-19(24)22-18-10-9-13(2)12-20-18/h5-10,12,16H,4,11H2,1-3H3,(H,21,23)(H,20,22,24)/t16-/m1/s1. The molecule has 0 spiro atoms. The maximum Gasteiger partial charge on any atom is 0.227 e. The highest BCUT2D eigenvalue weighted by Crippen LogP contribution is 2.27. The summed E-state index contributed by atoms with van der Waals surface area (Å²) >= 11 is 0. The number of benzene rings is 1. The summed E-state index contributed by atoms with van der Waals surface area (Å²) in [6.45, 7) is 5.75. The van der Waals surface area contributed by atoms with E-state index >= 15 is 0 Å². The van der Waals surface area contributed by atoms with Gasteiger partial charge in [-0.2, -0.15) is 0 Å². The second-order valence-corrected chi connectivity index (χ2v) is 5.70. The molecule has 25 heavy (non-hydrogen) atoms. The second-order valence-electron chi connectivity index (χ2n) is 5.70. The number of carbonyl (C=O) groups excluding carboxylic acids is 2. The summed E-state index contributed by atoms with van der Waals surface area (Å²) in [5, 5.41) is 5.57. The molecule has 0 radical (unpaired) electrons. The molecule has 1 atom stereocenters. The molecule has 0 unspecified atom stereocenters. The highest BCUT2D eigenvalue weighted by Gasteiger charge is 2.20. The van der Waals surface area contributed by atoms with Crippen LogP contribution in [-0.2, 0) is 9.59 Å². The molecule has 0 bridgehead atoms. The Hall–Kier alpha value is -2.89. The summed E-state index contributed by atoms with van der Waals surface area (Å²) in [6.07, 6.45) is 1.77. The van der Waals surface area contributed by atoms with Crippen LogP contribution in [0.3, 0.4) is 0 Å². The molecule has 1 aromatic heterocycles. The number of ether oxygens (including phenoxy) is 1. The van der Waals surface area contributed by atoms with E-state index in [1.165, 1.54) is 6.92 Å². The quantitative estimate of drug-likeness (QED) is 0.811. The molecule has 0 aliphatic heterocycles. The molecule has 0 aliphatic rings. The molecule has 132 valence electrons. The summed E-state index contributed by atoms with van der Waals surface area (Å²) in [7, 11) is 0. The molecule has 2 aromatic rings. The molecule has 1 heterocycles. The second kappa shape index (κ2) is 8.82. The number of pyridine rings is 1. The maximum absolute atomic E-state index is 12.4. The zero-order chi connectivity index (χ0) is 18.2. The van der Waals surface area contributed by atoms with Crippen LogP contribution in [0.15, 0.2) is 42.6 Å². The van der Waals surface area contributed by atoms with Gasteiger partial charge in [0, 0.05) is 18.7 Å². The van der Waals surface area contributed by atoms with Crippen molar-refractivity contribution >= 4 is 17.6 Å². The number of nitrogens with one attached hydrogen (secondary N) is 2. The Morgan fingerprint density at radius 2 is 1.96 bits per heavy atom. The van der Waals surface area contributed by atoms with Gasteiger partial charge in [0.25, 0.3) is 0 Å². The predicted octanol–water partition coefficient (Wildman–Crippen LogP) is 2.99. The van der Waals surface area contributed by atoms with Crippen molar-refractivity contribution in [1.82, 2.24) is 10.3 Å². The molecular formula is C19H23N3O3. The van der Waals surface area contributed by atoms with Crippen LogP contribution in [0.5, 0.6) is 5.75 Å². The van der Waals surface area contributed by atoms with Gasteiger partial charge in [0.2, 0.25) is 11.8 Å². The number of hydrogen-bond acceptors (Lipinski definition) is 4. The third-order valence-electron chi connectivity index (χ3n) is 3.54. The lowest BCUT2D eigenvalue weighted by atomic mass is 10.0. The van der Waals surface area contributed by atoms with Crippen LogP contribution in [0.4, 0.5) is 5.82 Å². The Morgan fingerprint density at radius 3 is 2.60 bits per heavy atom. The van der Waals surface area contributed by atoms with E-state index in [-0.39, 0.29) is 18.2 Å². The van der Waals surface area contributed by atoms with Crippen LogP contribution in [0, 0.1) is 6.92 Å². The van der Waals surface area contributed by atoms with Crippen molar-refractivity contribution in [3.05, 3.63) is 53.7 Å². The van der Waals surface area contributed by atoms with Crippen LogP contribution >= 0.6 is 0 Å². The van der Waals surface area contributed by atoms with Gasteiger partial charge in [-0.1, -0.05) is 24.3 Å². The van der Waals surface area contributed by atoms with E-state index in [9.17, 15) is 9.59 Å². The van der Waals surface area contributed by atoms with Crippen molar-refractivity contribution in [1.29, 1.82) is 0 Å². The number of hydrogen-bond donors (Lipinski definition) is 2. The molecular weight excluding hydrogens is 318 g/mol. The first-order valence-corrected chi connectivity index (χ1v) is 8.21. The number of para-hydroxylation sites is 1. The Labute approximate surface area is 147 Å². The van der Waals surface area contributed by atoms with E-state index in [4.69, 9.17) is 4.74 Å². The van der Waals surface area contributed by atoms with Crippen LogP contribution in [0.2, 0.25) is 0 Å². The number of nitrogens with zero attached hydrogens (tertiary/aromatic N) is 1. The van der Waals surface area contributed by atoms with E-state index in [1.807, 2.05) is 44.2 Å². The summed E-state index contributed by atoms with van der Waals surface area (Å²) in [5.74, 6) is 0.694. The molecule has 2 rings (SSSR count). The van der Waals surface area contributed by atoms with Gasteiger partial charge in [-0.05, 0) is 31.5 Å². The molecule has 0 saturated heterocycles. The number of rotatable bonds is 7. The smallest absolute Gasteiger partial charge is 0.227 e. The van der Waals surface area contributed by atoms with Crippen molar-refractivity contribution in [2.75, 3.05) is 11.9 Å². The van der Waals surface area contributed by atoms with Gasteiger partial charge in [-0.25, -0.2) is 4.98 Å². The molecule has 2 amide bonds. The molecule has 0 aliphatic carbocycles. The van der Waals surface area contributed by atoms with Crippen LogP contribution in [0.1, 0.15) is 37.4 Å². The highest BCUT2D eigenvalue weighted by atomic mass is 16.5.